The van der Waals surface area contributed by atoms with Gasteiger partial charge in [0.05, 0.1) is 0 Å². The summed E-state index contributed by atoms with van der Waals surface area (Å²) in [7, 11) is 2.20. The number of ketones is 1. The van der Waals surface area contributed by atoms with Gasteiger partial charge in [0.2, 0.25) is 0 Å². The van der Waals surface area contributed by atoms with Gasteiger partial charge in [-0.1, -0.05) is 29.5 Å². The number of rotatable bonds is 4. The molecule has 7 nitrogen and oxygen atoms in total. The number of carbonyl (C=O) groups excluding carboxylic acids is 1. The van der Waals surface area contributed by atoms with E-state index in [0.717, 1.165) is 74.7 Å². The third kappa shape index (κ3) is 3.74. The van der Waals surface area contributed by atoms with Crippen molar-refractivity contribution < 1.29 is 9.53 Å². The lowest BCUT2D eigenvalue weighted by molar-refractivity contribution is 0.0601. The quantitative estimate of drug-likeness (QED) is 0.537. The number of para-hydroxylation sites is 1. The molecule has 0 atom stereocenters. The Balaban J connectivity index is 1.34. The van der Waals surface area contributed by atoms with Crippen molar-refractivity contribution >= 4 is 39.0 Å². The van der Waals surface area contributed by atoms with E-state index in [1.165, 1.54) is 22.6 Å². The standard InChI is InChI=1S/C25H29N5O2S/c1-29-10-8-25(9-11-29)15-30(19-5-3-2-4-18(19)25)22-21-24(27-16-26-22)33-23(28-21)20(31)14-17-6-12-32-13-7-17/h2-5,16-17H,6-15H2,1H3. The van der Waals surface area contributed by atoms with Crippen molar-refractivity contribution in [2.45, 2.75) is 37.5 Å². The molecule has 0 unspecified atom stereocenters. The first-order valence-corrected chi connectivity index (χ1v) is 12.7. The maximum absolute atomic E-state index is 13.0. The second-order valence-corrected chi connectivity index (χ2v) is 10.7. The summed E-state index contributed by atoms with van der Waals surface area (Å²) >= 11 is 1.40. The summed E-state index contributed by atoms with van der Waals surface area (Å²) in [6.07, 6.45) is 6.32. The van der Waals surface area contributed by atoms with Gasteiger partial charge in [-0.05, 0) is 63.4 Å². The molecule has 2 fully saturated rings. The number of likely N-dealkylation sites (tertiary alicyclic amines) is 1. The van der Waals surface area contributed by atoms with Crippen LogP contribution in [0, 0.1) is 5.92 Å². The minimum atomic E-state index is 0.115. The molecular formula is C25H29N5O2S. The molecular weight excluding hydrogens is 434 g/mol. The number of nitrogens with zero attached hydrogens (tertiary/aromatic N) is 5. The fraction of sp³-hybridized carbons (Fsp3) is 0.520. The molecule has 3 aliphatic heterocycles. The normalized spacial score (nSPS) is 21.1. The number of Topliss-reactive ketones (excluding diaryl/α,β-unsaturated/α-hetero) is 1. The molecule has 2 saturated heterocycles. The van der Waals surface area contributed by atoms with Crippen molar-refractivity contribution in [1.29, 1.82) is 0 Å². The van der Waals surface area contributed by atoms with Crippen LogP contribution in [0.15, 0.2) is 30.6 Å². The van der Waals surface area contributed by atoms with Gasteiger partial charge in [0.25, 0.3) is 0 Å². The highest BCUT2D eigenvalue weighted by molar-refractivity contribution is 7.20. The van der Waals surface area contributed by atoms with Crippen LogP contribution in [0.5, 0.6) is 0 Å². The average molecular weight is 464 g/mol. The summed E-state index contributed by atoms with van der Waals surface area (Å²) in [6.45, 7) is 4.60. The van der Waals surface area contributed by atoms with E-state index in [0.29, 0.717) is 17.3 Å². The second-order valence-electron chi connectivity index (χ2n) is 9.74. The van der Waals surface area contributed by atoms with Crippen molar-refractivity contribution in [2.75, 3.05) is 44.8 Å². The van der Waals surface area contributed by atoms with Crippen LogP contribution in [0.25, 0.3) is 10.3 Å². The number of benzene rings is 1. The largest absolute Gasteiger partial charge is 0.381 e. The van der Waals surface area contributed by atoms with Gasteiger partial charge in [-0.15, -0.1) is 0 Å². The molecule has 0 bridgehead atoms. The van der Waals surface area contributed by atoms with E-state index in [2.05, 4.69) is 51.1 Å². The van der Waals surface area contributed by atoms with E-state index in [1.807, 2.05) is 0 Å². The van der Waals surface area contributed by atoms with Crippen LogP contribution < -0.4 is 4.90 Å². The smallest absolute Gasteiger partial charge is 0.191 e. The van der Waals surface area contributed by atoms with Crippen molar-refractivity contribution in [1.82, 2.24) is 19.9 Å². The first-order valence-electron chi connectivity index (χ1n) is 11.9. The van der Waals surface area contributed by atoms with Gasteiger partial charge >= 0.3 is 0 Å². The molecule has 0 saturated carbocycles. The Hall–Kier alpha value is -2.42. The van der Waals surface area contributed by atoms with Gasteiger partial charge in [-0.25, -0.2) is 15.0 Å². The van der Waals surface area contributed by atoms with E-state index in [4.69, 9.17) is 9.72 Å². The summed E-state index contributed by atoms with van der Waals surface area (Å²) in [5, 5.41) is 0.555. The predicted molar refractivity (Wildman–Crippen MR) is 130 cm³/mol. The number of aromatic nitrogens is 3. The molecule has 0 N–H and O–H groups in total. The summed E-state index contributed by atoms with van der Waals surface area (Å²) in [5.41, 5.74) is 3.51. The summed E-state index contributed by atoms with van der Waals surface area (Å²) < 4.78 is 5.44. The van der Waals surface area contributed by atoms with E-state index in [1.54, 1.807) is 6.33 Å². The Labute approximate surface area is 197 Å². The lowest BCUT2D eigenvalue weighted by Gasteiger charge is -2.38. The van der Waals surface area contributed by atoms with E-state index in [-0.39, 0.29) is 11.2 Å². The Bertz CT molecular complexity index is 1180. The highest BCUT2D eigenvalue weighted by atomic mass is 32.1. The first-order chi connectivity index (χ1) is 16.1. The number of hydrogen-bond donors (Lipinski definition) is 0. The van der Waals surface area contributed by atoms with Crippen molar-refractivity contribution in [2.24, 2.45) is 5.92 Å². The van der Waals surface area contributed by atoms with Gasteiger partial charge in [-0.2, -0.15) is 0 Å². The maximum Gasteiger partial charge on any atom is 0.191 e. The zero-order valence-corrected chi connectivity index (χ0v) is 19.8. The Morgan fingerprint density at radius 1 is 1.18 bits per heavy atom. The number of carbonyl (C=O) groups is 1. The van der Waals surface area contributed by atoms with Gasteiger partial charge < -0.3 is 14.5 Å². The van der Waals surface area contributed by atoms with Crippen LogP contribution >= 0.6 is 11.3 Å². The molecule has 0 amide bonds. The molecule has 1 aromatic carbocycles. The molecule has 33 heavy (non-hydrogen) atoms. The molecule has 172 valence electrons. The zero-order chi connectivity index (χ0) is 22.4. The number of ether oxygens (including phenoxy) is 1. The van der Waals surface area contributed by atoms with Crippen LogP contribution in [0.3, 0.4) is 0 Å². The molecule has 3 aromatic rings. The fourth-order valence-electron chi connectivity index (χ4n) is 5.65. The predicted octanol–water partition coefficient (Wildman–Crippen LogP) is 4.20. The van der Waals surface area contributed by atoms with E-state index >= 15 is 0 Å². The topological polar surface area (TPSA) is 71.5 Å². The van der Waals surface area contributed by atoms with Gasteiger partial charge in [0, 0.05) is 37.3 Å². The van der Waals surface area contributed by atoms with Gasteiger partial charge in [-0.3, -0.25) is 4.79 Å². The Kier molecular flexibility index (Phi) is 5.39. The molecule has 2 aromatic heterocycles. The number of piperidine rings is 1. The van der Waals surface area contributed by atoms with Crippen LogP contribution in [-0.2, 0) is 10.2 Å². The number of anilines is 2. The fourth-order valence-corrected chi connectivity index (χ4v) is 6.50. The van der Waals surface area contributed by atoms with Crippen LogP contribution in [-0.4, -0.2) is 65.5 Å². The van der Waals surface area contributed by atoms with Crippen LogP contribution in [0.1, 0.15) is 47.5 Å². The van der Waals surface area contributed by atoms with Crippen LogP contribution in [0.2, 0.25) is 0 Å². The minimum absolute atomic E-state index is 0.115. The van der Waals surface area contributed by atoms with Crippen LogP contribution in [0.4, 0.5) is 11.5 Å². The Morgan fingerprint density at radius 2 is 1.97 bits per heavy atom. The third-order valence-corrected chi connectivity index (χ3v) is 8.66. The summed E-state index contributed by atoms with van der Waals surface area (Å²) in [5.74, 6) is 1.33. The highest BCUT2D eigenvalue weighted by Gasteiger charge is 2.45. The summed E-state index contributed by atoms with van der Waals surface area (Å²) in [4.78, 5) is 32.5. The molecule has 6 rings (SSSR count). The van der Waals surface area contributed by atoms with E-state index < -0.39 is 0 Å². The first kappa shape index (κ1) is 21.1. The maximum atomic E-state index is 13.0. The third-order valence-electron chi connectivity index (χ3n) is 7.66. The monoisotopic (exact) mass is 463 g/mol. The molecule has 0 aliphatic carbocycles. The number of hydrogen-bond acceptors (Lipinski definition) is 8. The lowest BCUT2D eigenvalue weighted by atomic mass is 9.74. The molecule has 5 heterocycles. The van der Waals surface area contributed by atoms with Crippen molar-refractivity contribution in [3.63, 3.8) is 0 Å². The van der Waals surface area contributed by atoms with Crippen molar-refractivity contribution in [3.8, 4) is 0 Å². The Morgan fingerprint density at radius 3 is 2.79 bits per heavy atom. The minimum Gasteiger partial charge on any atom is -0.381 e. The molecule has 0 radical (unpaired) electrons. The number of fused-ring (bicyclic) bond motifs is 3. The van der Waals surface area contributed by atoms with Crippen molar-refractivity contribution in [3.05, 3.63) is 41.2 Å². The zero-order valence-electron chi connectivity index (χ0n) is 19.0. The van der Waals surface area contributed by atoms with Gasteiger partial charge in [0.15, 0.2) is 16.6 Å². The molecule has 1 spiro atoms. The second kappa shape index (κ2) is 8.42. The highest BCUT2D eigenvalue weighted by Crippen LogP contribution is 2.50. The van der Waals surface area contributed by atoms with E-state index in [9.17, 15) is 4.79 Å². The summed E-state index contributed by atoms with van der Waals surface area (Å²) in [6, 6.07) is 8.72. The lowest BCUT2D eigenvalue weighted by Crippen LogP contribution is -2.43. The number of thiazole rings is 1. The SMILES string of the molecule is CN1CCC2(CC1)CN(c1ncnc3sc(C(=O)CC4CCOCC4)nc13)c1ccccc12. The van der Waals surface area contributed by atoms with Gasteiger partial charge in [0.1, 0.15) is 16.7 Å². The average Bonchev–Trinajstić information content (AvgIpc) is 3.42. The molecule has 3 aliphatic rings. The molecule has 8 heteroatoms.